The van der Waals surface area contributed by atoms with Gasteiger partial charge < -0.3 is 10.6 Å². The van der Waals surface area contributed by atoms with Crippen LogP contribution in [-0.2, 0) is 11.2 Å². The molecule has 2 amide bonds. The third-order valence-corrected chi connectivity index (χ3v) is 5.49. The number of amides is 2. The lowest BCUT2D eigenvalue weighted by molar-refractivity contribution is -0.117. The van der Waals surface area contributed by atoms with Crippen molar-refractivity contribution < 1.29 is 14.0 Å². The molecule has 0 saturated heterocycles. The number of nitrogens with one attached hydrogen (secondary N) is 3. The van der Waals surface area contributed by atoms with Gasteiger partial charge in [-0.3, -0.25) is 19.6 Å². The molecule has 33 heavy (non-hydrogen) atoms. The van der Waals surface area contributed by atoms with Crippen LogP contribution in [0.1, 0.15) is 35.3 Å². The molecule has 3 N–H and O–H groups in total. The van der Waals surface area contributed by atoms with Crippen molar-refractivity contribution in [3.05, 3.63) is 71.7 Å². The van der Waals surface area contributed by atoms with Crippen molar-refractivity contribution in [3.63, 3.8) is 0 Å². The van der Waals surface area contributed by atoms with Gasteiger partial charge >= 0.3 is 0 Å². The Kier molecular flexibility index (Phi) is 7.14. The maximum atomic E-state index is 13.1. The summed E-state index contributed by atoms with van der Waals surface area (Å²) in [7, 11) is 1.90. The minimum atomic E-state index is -0.270. The minimum Gasteiger partial charge on any atom is -0.349 e. The molecule has 0 unspecified atom stereocenters. The first-order valence-corrected chi connectivity index (χ1v) is 11.2. The summed E-state index contributed by atoms with van der Waals surface area (Å²) in [6.45, 7) is 0.991. The molecule has 2 aromatic carbocycles. The van der Waals surface area contributed by atoms with Crippen molar-refractivity contribution in [2.24, 2.45) is 0 Å². The number of nitrogens with zero attached hydrogens (tertiary/aromatic N) is 2. The largest absolute Gasteiger partial charge is 0.349 e. The van der Waals surface area contributed by atoms with Crippen LogP contribution in [0.2, 0.25) is 0 Å². The van der Waals surface area contributed by atoms with Gasteiger partial charge in [-0.15, -0.1) is 0 Å². The number of carbonyl (C=O) groups excluding carboxylic acids is 2. The quantitative estimate of drug-likeness (QED) is 0.441. The smallest absolute Gasteiger partial charge is 0.251 e. The zero-order valence-corrected chi connectivity index (χ0v) is 18.6. The average Bonchev–Trinajstić information content (AvgIpc) is 3.48. The molecule has 172 valence electrons. The molecule has 4 rings (SSSR count). The van der Waals surface area contributed by atoms with Gasteiger partial charge in [-0.1, -0.05) is 6.07 Å². The summed E-state index contributed by atoms with van der Waals surface area (Å²) in [5.41, 5.74) is 3.80. The number of H-pyrrole nitrogens is 1. The molecule has 1 aliphatic carbocycles. The molecule has 0 aliphatic heterocycles. The lowest BCUT2D eigenvalue weighted by Gasteiger charge is -2.16. The lowest BCUT2D eigenvalue weighted by atomic mass is 10.1. The topological polar surface area (TPSA) is 90.1 Å². The highest BCUT2D eigenvalue weighted by Crippen LogP contribution is 2.20. The Balaban J connectivity index is 1.20. The highest BCUT2D eigenvalue weighted by Gasteiger charge is 2.23. The van der Waals surface area contributed by atoms with Gasteiger partial charge in [0.15, 0.2) is 0 Å². The summed E-state index contributed by atoms with van der Waals surface area (Å²) >= 11 is 0. The van der Waals surface area contributed by atoms with Crippen LogP contribution in [0.5, 0.6) is 0 Å². The fraction of sp³-hybridized carbons (Fsp3) is 0.320. The summed E-state index contributed by atoms with van der Waals surface area (Å²) < 4.78 is 13.1. The van der Waals surface area contributed by atoms with E-state index in [1.54, 1.807) is 36.4 Å². The van der Waals surface area contributed by atoms with Crippen molar-refractivity contribution in [1.29, 1.82) is 0 Å². The second-order valence-corrected chi connectivity index (χ2v) is 8.50. The molecule has 1 saturated carbocycles. The zero-order valence-electron chi connectivity index (χ0n) is 18.6. The van der Waals surface area contributed by atoms with E-state index in [4.69, 9.17) is 0 Å². The highest BCUT2D eigenvalue weighted by atomic mass is 19.1. The summed E-state index contributed by atoms with van der Waals surface area (Å²) in [4.78, 5) is 26.6. The van der Waals surface area contributed by atoms with Crippen molar-refractivity contribution in [2.75, 3.05) is 25.5 Å². The Bertz CT molecular complexity index is 1110. The normalized spacial score (nSPS) is 13.2. The number of anilines is 1. The fourth-order valence-electron chi connectivity index (χ4n) is 3.56. The number of rotatable bonds is 10. The summed E-state index contributed by atoms with van der Waals surface area (Å²) in [5, 5.41) is 13.1. The SMILES string of the molecule is CN(CCCc1cc(-c2ccc(F)cc2)n[nH]1)CC(=O)Nc1cccc(C(=O)NC2CC2)c1. The van der Waals surface area contributed by atoms with E-state index in [0.717, 1.165) is 49.2 Å². The van der Waals surface area contributed by atoms with Crippen molar-refractivity contribution >= 4 is 17.5 Å². The Hall–Kier alpha value is -3.52. The first-order valence-electron chi connectivity index (χ1n) is 11.2. The zero-order chi connectivity index (χ0) is 23.2. The Morgan fingerprint density at radius 1 is 1.15 bits per heavy atom. The van der Waals surface area contributed by atoms with Crippen LogP contribution in [0.25, 0.3) is 11.3 Å². The van der Waals surface area contributed by atoms with E-state index in [2.05, 4.69) is 20.8 Å². The Labute approximate surface area is 192 Å². The molecule has 0 radical (unpaired) electrons. The van der Waals surface area contributed by atoms with Crippen LogP contribution < -0.4 is 10.6 Å². The van der Waals surface area contributed by atoms with E-state index in [1.165, 1.54) is 12.1 Å². The predicted molar refractivity (Wildman–Crippen MR) is 125 cm³/mol. The molecule has 1 aliphatic rings. The van der Waals surface area contributed by atoms with E-state index < -0.39 is 0 Å². The molecule has 0 spiro atoms. The number of halogens is 1. The molecule has 1 heterocycles. The molecule has 0 atom stereocenters. The first-order chi connectivity index (χ1) is 16.0. The van der Waals surface area contributed by atoms with Crippen LogP contribution in [0.4, 0.5) is 10.1 Å². The van der Waals surface area contributed by atoms with E-state index >= 15 is 0 Å². The number of hydrogen-bond donors (Lipinski definition) is 3. The Morgan fingerprint density at radius 2 is 1.94 bits per heavy atom. The molecule has 7 nitrogen and oxygen atoms in total. The van der Waals surface area contributed by atoms with Gasteiger partial charge in [0.1, 0.15) is 5.82 Å². The van der Waals surface area contributed by atoms with E-state index in [0.29, 0.717) is 17.3 Å². The second kappa shape index (κ2) is 10.4. The van der Waals surface area contributed by atoms with Gasteiger partial charge in [-0.05, 0) is 87.8 Å². The van der Waals surface area contributed by atoms with Crippen molar-refractivity contribution in [1.82, 2.24) is 20.4 Å². The number of aromatic amines is 1. The Morgan fingerprint density at radius 3 is 2.70 bits per heavy atom. The van der Waals surface area contributed by atoms with E-state index in [-0.39, 0.29) is 24.2 Å². The number of carbonyl (C=O) groups is 2. The number of likely N-dealkylation sites (N-methyl/N-ethyl adjacent to an activating group) is 1. The van der Waals surface area contributed by atoms with Gasteiger partial charge in [0.25, 0.3) is 5.91 Å². The van der Waals surface area contributed by atoms with Gasteiger partial charge in [0.2, 0.25) is 5.91 Å². The summed E-state index contributed by atoms with van der Waals surface area (Å²) in [6.07, 6.45) is 3.71. The minimum absolute atomic E-state index is 0.105. The van der Waals surface area contributed by atoms with Gasteiger partial charge in [-0.25, -0.2) is 4.39 Å². The van der Waals surface area contributed by atoms with Crippen LogP contribution in [0, 0.1) is 5.82 Å². The van der Waals surface area contributed by atoms with Crippen LogP contribution in [-0.4, -0.2) is 53.1 Å². The van der Waals surface area contributed by atoms with Crippen LogP contribution >= 0.6 is 0 Å². The second-order valence-electron chi connectivity index (χ2n) is 8.50. The number of hydrogen-bond acceptors (Lipinski definition) is 4. The average molecular weight is 450 g/mol. The monoisotopic (exact) mass is 449 g/mol. The molecular formula is C25H28FN5O2. The first kappa shape index (κ1) is 22.7. The number of aryl methyl sites for hydroxylation is 1. The van der Waals surface area contributed by atoms with Gasteiger partial charge in [0.05, 0.1) is 12.2 Å². The lowest BCUT2D eigenvalue weighted by Crippen LogP contribution is -2.31. The molecule has 8 heteroatoms. The molecule has 3 aromatic rings. The molecular weight excluding hydrogens is 421 g/mol. The fourth-order valence-corrected chi connectivity index (χ4v) is 3.56. The van der Waals surface area contributed by atoms with Gasteiger partial charge in [0, 0.05) is 28.6 Å². The number of benzene rings is 2. The van der Waals surface area contributed by atoms with Crippen LogP contribution in [0.3, 0.4) is 0 Å². The summed E-state index contributed by atoms with van der Waals surface area (Å²) in [6, 6.07) is 15.5. The molecule has 1 fully saturated rings. The van der Waals surface area contributed by atoms with Crippen LogP contribution in [0.15, 0.2) is 54.6 Å². The van der Waals surface area contributed by atoms with E-state index in [9.17, 15) is 14.0 Å². The molecule has 0 bridgehead atoms. The van der Waals surface area contributed by atoms with Crippen molar-refractivity contribution in [2.45, 2.75) is 31.7 Å². The summed E-state index contributed by atoms with van der Waals surface area (Å²) in [5.74, 6) is -0.502. The molecule has 1 aromatic heterocycles. The van der Waals surface area contributed by atoms with E-state index in [1.807, 2.05) is 18.0 Å². The maximum Gasteiger partial charge on any atom is 0.251 e. The standard InChI is InChI=1S/C25H28FN5O2/c1-31(13-3-6-22-15-23(30-29-22)17-7-9-19(26)10-8-17)16-24(32)27-21-5-2-4-18(14-21)25(33)28-20-11-12-20/h2,4-5,7-10,14-15,20H,3,6,11-13,16H2,1H3,(H,27,32)(H,28,33)(H,29,30). The van der Waals surface area contributed by atoms with Crippen molar-refractivity contribution in [3.8, 4) is 11.3 Å². The maximum absolute atomic E-state index is 13.1. The third kappa shape index (κ3) is 6.73. The number of aromatic nitrogens is 2. The van der Waals surface area contributed by atoms with Gasteiger partial charge in [-0.2, -0.15) is 5.10 Å². The highest BCUT2D eigenvalue weighted by molar-refractivity contribution is 5.97. The predicted octanol–water partition coefficient (Wildman–Crippen LogP) is 3.61. The third-order valence-electron chi connectivity index (χ3n) is 5.49.